The van der Waals surface area contributed by atoms with E-state index in [1.807, 2.05) is 11.6 Å². The molecule has 3 nitrogen and oxygen atoms in total. The van der Waals surface area contributed by atoms with E-state index in [0.29, 0.717) is 5.88 Å². The van der Waals surface area contributed by atoms with Gasteiger partial charge in [0, 0.05) is 12.5 Å². The molecule has 0 saturated carbocycles. The number of hydrogen-bond acceptors (Lipinski definition) is 2. The first-order chi connectivity index (χ1) is 6.71. The first-order valence-corrected chi connectivity index (χ1v) is 5.70. The van der Waals surface area contributed by atoms with Crippen LogP contribution < -0.4 is 0 Å². The van der Waals surface area contributed by atoms with Crippen LogP contribution in [0.5, 0.6) is 0 Å². The van der Waals surface area contributed by atoms with Crippen molar-refractivity contribution in [2.24, 2.45) is 12.5 Å². The number of nitrogens with zero attached hydrogens (tertiary/aromatic N) is 3. The van der Waals surface area contributed by atoms with E-state index in [-0.39, 0.29) is 10.8 Å². The van der Waals surface area contributed by atoms with Crippen LogP contribution in [0.4, 0.5) is 0 Å². The Morgan fingerprint density at radius 3 is 2.00 bits per heavy atom. The molecule has 15 heavy (non-hydrogen) atoms. The van der Waals surface area contributed by atoms with Gasteiger partial charge in [0.2, 0.25) is 0 Å². The third-order valence-corrected chi connectivity index (χ3v) is 3.76. The van der Waals surface area contributed by atoms with Gasteiger partial charge in [-0.2, -0.15) is 0 Å². The molecule has 0 aromatic carbocycles. The van der Waals surface area contributed by atoms with Gasteiger partial charge in [0.1, 0.15) is 11.6 Å². The van der Waals surface area contributed by atoms with Crippen LogP contribution in [0.2, 0.25) is 0 Å². The van der Waals surface area contributed by atoms with Gasteiger partial charge >= 0.3 is 0 Å². The van der Waals surface area contributed by atoms with E-state index in [2.05, 4.69) is 44.8 Å². The second kappa shape index (κ2) is 3.78. The van der Waals surface area contributed by atoms with Crippen molar-refractivity contribution in [1.82, 2.24) is 14.8 Å². The van der Waals surface area contributed by atoms with Gasteiger partial charge in [-0.3, -0.25) is 0 Å². The number of aromatic nitrogens is 3. The molecule has 0 aliphatic carbocycles. The van der Waals surface area contributed by atoms with Gasteiger partial charge in [-0.1, -0.05) is 34.6 Å². The Hall–Kier alpha value is -0.570. The molecule has 1 aromatic heterocycles. The Bertz CT molecular complexity index is 347. The molecule has 0 amide bonds. The third kappa shape index (κ3) is 2.03. The maximum Gasteiger partial charge on any atom is 0.147 e. The molecule has 1 rings (SSSR count). The number of hydrogen-bond donors (Lipinski definition) is 0. The molecule has 86 valence electrons. The van der Waals surface area contributed by atoms with Gasteiger partial charge in [0.15, 0.2) is 0 Å². The number of rotatable bonds is 2. The number of alkyl halides is 1. The highest BCUT2D eigenvalue weighted by Crippen LogP contribution is 2.39. The highest BCUT2D eigenvalue weighted by atomic mass is 35.5. The summed E-state index contributed by atoms with van der Waals surface area (Å²) >= 11 is 5.79. The Morgan fingerprint density at radius 2 is 1.67 bits per heavy atom. The molecule has 0 aliphatic rings. The summed E-state index contributed by atoms with van der Waals surface area (Å²) in [6.07, 6.45) is 0. The Balaban J connectivity index is 3.22. The summed E-state index contributed by atoms with van der Waals surface area (Å²) < 4.78 is 2.00. The first kappa shape index (κ1) is 12.5. The van der Waals surface area contributed by atoms with Crippen molar-refractivity contribution < 1.29 is 0 Å². The van der Waals surface area contributed by atoms with Gasteiger partial charge in [-0.25, -0.2) is 0 Å². The molecule has 0 saturated heterocycles. The largest absolute Gasteiger partial charge is 0.317 e. The molecule has 0 atom stereocenters. The minimum atomic E-state index is -0.0287. The molecule has 0 fully saturated rings. The SMILES string of the molecule is Cn1c(CCl)nnc1C(C)(C)C(C)(C)C. The fourth-order valence-corrected chi connectivity index (χ4v) is 1.59. The fourth-order valence-electron chi connectivity index (χ4n) is 1.36. The number of halogens is 1. The average Bonchev–Trinajstić information content (AvgIpc) is 2.44. The molecule has 1 heterocycles. The van der Waals surface area contributed by atoms with Crippen molar-refractivity contribution in [1.29, 1.82) is 0 Å². The Labute approximate surface area is 96.8 Å². The molecule has 0 unspecified atom stereocenters. The second-order valence-corrected chi connectivity index (χ2v) is 5.77. The highest BCUT2D eigenvalue weighted by molar-refractivity contribution is 6.16. The van der Waals surface area contributed by atoms with Gasteiger partial charge < -0.3 is 4.57 Å². The normalized spacial score (nSPS) is 13.3. The lowest BCUT2D eigenvalue weighted by molar-refractivity contribution is 0.208. The summed E-state index contributed by atoms with van der Waals surface area (Å²) in [5.74, 6) is 2.22. The maximum absolute atomic E-state index is 5.79. The third-order valence-electron chi connectivity index (χ3n) is 3.52. The topological polar surface area (TPSA) is 30.7 Å². The van der Waals surface area contributed by atoms with Crippen LogP contribution in [-0.2, 0) is 18.3 Å². The van der Waals surface area contributed by atoms with Crippen LogP contribution in [0.15, 0.2) is 0 Å². The van der Waals surface area contributed by atoms with Crippen LogP contribution in [0.1, 0.15) is 46.3 Å². The summed E-state index contributed by atoms with van der Waals surface area (Å²) in [5, 5.41) is 8.35. The van der Waals surface area contributed by atoms with Gasteiger partial charge in [-0.05, 0) is 5.41 Å². The van der Waals surface area contributed by atoms with E-state index in [1.54, 1.807) is 0 Å². The van der Waals surface area contributed by atoms with E-state index in [4.69, 9.17) is 11.6 Å². The molecule has 0 spiro atoms. The van der Waals surface area contributed by atoms with Gasteiger partial charge in [0.05, 0.1) is 5.88 Å². The van der Waals surface area contributed by atoms with E-state index in [9.17, 15) is 0 Å². The van der Waals surface area contributed by atoms with E-state index in [1.165, 1.54) is 0 Å². The summed E-state index contributed by atoms with van der Waals surface area (Å²) in [4.78, 5) is 0. The lowest BCUT2D eigenvalue weighted by Crippen LogP contribution is -2.36. The quantitative estimate of drug-likeness (QED) is 0.731. The first-order valence-electron chi connectivity index (χ1n) is 5.16. The smallest absolute Gasteiger partial charge is 0.147 e. The molecule has 1 aromatic rings. The predicted octanol–water partition coefficient (Wildman–Crippen LogP) is 2.88. The highest BCUT2D eigenvalue weighted by Gasteiger charge is 2.38. The fraction of sp³-hybridized carbons (Fsp3) is 0.818. The maximum atomic E-state index is 5.79. The molecule has 0 N–H and O–H groups in total. The van der Waals surface area contributed by atoms with Crippen molar-refractivity contribution >= 4 is 11.6 Å². The van der Waals surface area contributed by atoms with Crippen molar-refractivity contribution in [3.63, 3.8) is 0 Å². The zero-order valence-corrected chi connectivity index (χ0v) is 11.2. The molecular weight excluding hydrogens is 210 g/mol. The monoisotopic (exact) mass is 229 g/mol. The Morgan fingerprint density at radius 1 is 1.13 bits per heavy atom. The minimum Gasteiger partial charge on any atom is -0.317 e. The van der Waals surface area contributed by atoms with Crippen molar-refractivity contribution in [2.75, 3.05) is 0 Å². The summed E-state index contributed by atoms with van der Waals surface area (Å²) in [7, 11) is 1.97. The molecule has 0 radical (unpaired) electrons. The zero-order valence-electron chi connectivity index (χ0n) is 10.4. The summed E-state index contributed by atoms with van der Waals surface area (Å²) in [6, 6.07) is 0. The van der Waals surface area contributed by atoms with Crippen molar-refractivity contribution in [3.05, 3.63) is 11.6 Å². The van der Waals surface area contributed by atoms with E-state index < -0.39 is 0 Å². The van der Waals surface area contributed by atoms with Crippen LogP contribution in [0, 0.1) is 5.41 Å². The zero-order chi connectivity index (χ0) is 11.9. The molecule has 4 heteroatoms. The van der Waals surface area contributed by atoms with E-state index >= 15 is 0 Å². The van der Waals surface area contributed by atoms with Crippen LogP contribution in [0.3, 0.4) is 0 Å². The summed E-state index contributed by atoms with van der Waals surface area (Å²) in [6.45, 7) is 11.0. The van der Waals surface area contributed by atoms with Crippen LogP contribution in [0.25, 0.3) is 0 Å². The second-order valence-electron chi connectivity index (χ2n) is 5.51. The Kier molecular flexibility index (Phi) is 3.15. The van der Waals surface area contributed by atoms with Gasteiger partial charge in [-0.15, -0.1) is 21.8 Å². The van der Waals surface area contributed by atoms with Crippen LogP contribution >= 0.6 is 11.6 Å². The van der Waals surface area contributed by atoms with Crippen LogP contribution in [-0.4, -0.2) is 14.8 Å². The summed E-state index contributed by atoms with van der Waals surface area (Å²) in [5.41, 5.74) is 0.108. The lowest BCUT2D eigenvalue weighted by Gasteiger charge is -2.37. The lowest BCUT2D eigenvalue weighted by atomic mass is 9.69. The van der Waals surface area contributed by atoms with Crippen molar-refractivity contribution in [2.45, 2.75) is 45.9 Å². The standard InChI is InChI=1S/C11H20ClN3/c1-10(2,3)11(4,5)9-14-13-8(7-12)15(9)6/h7H2,1-6H3. The van der Waals surface area contributed by atoms with E-state index in [0.717, 1.165) is 11.6 Å². The van der Waals surface area contributed by atoms with Crippen molar-refractivity contribution in [3.8, 4) is 0 Å². The molecular formula is C11H20ClN3. The predicted molar refractivity (Wildman–Crippen MR) is 63.0 cm³/mol. The average molecular weight is 230 g/mol. The minimum absolute atomic E-state index is 0.0287. The molecule has 0 aliphatic heterocycles. The molecule has 0 bridgehead atoms. The van der Waals surface area contributed by atoms with Gasteiger partial charge in [0.25, 0.3) is 0 Å².